The Kier molecular flexibility index (Phi) is 6.65. The number of benzene rings is 2. The zero-order valence-electron chi connectivity index (χ0n) is 13.1. The molecule has 0 spiro atoms. The Morgan fingerprint density at radius 2 is 1.68 bits per heavy atom. The lowest BCUT2D eigenvalue weighted by Crippen LogP contribution is -2.17. The van der Waals surface area contributed by atoms with Gasteiger partial charge in [0, 0.05) is 12.0 Å². The fourth-order valence-electron chi connectivity index (χ4n) is 1.93. The second-order valence-electron chi connectivity index (χ2n) is 5.12. The Morgan fingerprint density at radius 3 is 2.36 bits per heavy atom. The molecule has 2 aromatic carbocycles. The first-order valence-corrected chi connectivity index (χ1v) is 7.82. The van der Waals surface area contributed by atoms with Gasteiger partial charge in [-0.3, -0.25) is 14.4 Å². The van der Waals surface area contributed by atoms with Gasteiger partial charge in [-0.25, -0.2) is 4.39 Å². The molecule has 0 aliphatic rings. The summed E-state index contributed by atoms with van der Waals surface area (Å²) < 4.78 is 17.6. The number of carbonyl (C=O) groups is 3. The number of rotatable bonds is 7. The summed E-state index contributed by atoms with van der Waals surface area (Å²) in [7, 11) is 0. The minimum absolute atomic E-state index is 0.102. The van der Waals surface area contributed by atoms with E-state index in [-0.39, 0.29) is 18.4 Å². The normalized spacial score (nSPS) is 10.2. The molecule has 2 rings (SSSR count). The van der Waals surface area contributed by atoms with E-state index in [1.807, 2.05) is 0 Å². The molecular formula is C18H15ClFNO4. The third-order valence-electron chi connectivity index (χ3n) is 3.23. The fourth-order valence-corrected chi connectivity index (χ4v) is 2.11. The van der Waals surface area contributed by atoms with Crippen LogP contribution in [0, 0.1) is 5.82 Å². The van der Waals surface area contributed by atoms with Crippen LogP contribution < -0.4 is 5.32 Å². The molecule has 0 aliphatic heterocycles. The van der Waals surface area contributed by atoms with E-state index in [1.165, 1.54) is 12.1 Å². The van der Waals surface area contributed by atoms with Gasteiger partial charge in [-0.05, 0) is 36.4 Å². The largest absolute Gasteiger partial charge is 0.457 e. The summed E-state index contributed by atoms with van der Waals surface area (Å²) in [6.07, 6.45) is -0.276. The molecule has 0 aromatic heterocycles. The quantitative estimate of drug-likeness (QED) is 0.602. The maximum absolute atomic E-state index is 12.8. The summed E-state index contributed by atoms with van der Waals surface area (Å²) in [5.41, 5.74) is 0.694. The van der Waals surface area contributed by atoms with Crippen LogP contribution in [-0.2, 0) is 14.3 Å². The zero-order valence-corrected chi connectivity index (χ0v) is 13.9. The molecule has 0 atom stereocenters. The third-order valence-corrected chi connectivity index (χ3v) is 3.56. The molecule has 130 valence electrons. The molecule has 5 nitrogen and oxygen atoms in total. The average molecular weight is 364 g/mol. The Morgan fingerprint density at radius 1 is 1.00 bits per heavy atom. The standard InChI is InChI=1S/C18H15ClFNO4/c19-14-3-1-2-4-15(14)21-17(23)9-10-18(24)25-11-16(22)12-5-7-13(20)8-6-12/h1-8H,9-11H2,(H,21,23). The first kappa shape index (κ1) is 18.6. The predicted octanol–water partition coefficient (Wildman–Crippen LogP) is 3.62. The molecule has 1 N–H and O–H groups in total. The van der Waals surface area contributed by atoms with Gasteiger partial charge in [0.05, 0.1) is 17.1 Å². The second-order valence-corrected chi connectivity index (χ2v) is 5.53. The predicted molar refractivity (Wildman–Crippen MR) is 91.0 cm³/mol. The number of hydrogen-bond donors (Lipinski definition) is 1. The highest BCUT2D eigenvalue weighted by molar-refractivity contribution is 6.33. The molecule has 0 saturated heterocycles. The van der Waals surface area contributed by atoms with Crippen molar-refractivity contribution in [3.05, 3.63) is 64.9 Å². The van der Waals surface area contributed by atoms with Gasteiger partial charge in [0.1, 0.15) is 5.82 Å². The number of halogens is 2. The summed E-state index contributed by atoms with van der Waals surface area (Å²) in [5.74, 6) is -1.98. The van der Waals surface area contributed by atoms with Crippen molar-refractivity contribution >= 4 is 34.9 Å². The topological polar surface area (TPSA) is 72.5 Å². The average Bonchev–Trinajstić information content (AvgIpc) is 2.60. The molecule has 2 aromatic rings. The van der Waals surface area contributed by atoms with Gasteiger partial charge in [-0.15, -0.1) is 0 Å². The van der Waals surface area contributed by atoms with Crippen LogP contribution in [0.4, 0.5) is 10.1 Å². The number of carbonyl (C=O) groups excluding carboxylic acids is 3. The minimum atomic E-state index is -0.676. The number of Topliss-reactive ketones (excluding diaryl/α,β-unsaturated/α-hetero) is 1. The van der Waals surface area contributed by atoms with E-state index in [0.717, 1.165) is 12.1 Å². The van der Waals surface area contributed by atoms with Crippen LogP contribution in [0.5, 0.6) is 0 Å². The number of para-hydroxylation sites is 1. The van der Waals surface area contributed by atoms with E-state index in [9.17, 15) is 18.8 Å². The van der Waals surface area contributed by atoms with Crippen molar-refractivity contribution in [2.24, 2.45) is 0 Å². The molecule has 7 heteroatoms. The number of nitrogens with one attached hydrogen (secondary N) is 1. The molecule has 1 amide bonds. The van der Waals surface area contributed by atoms with Crippen LogP contribution in [0.25, 0.3) is 0 Å². The number of anilines is 1. The highest BCUT2D eigenvalue weighted by Gasteiger charge is 2.12. The lowest BCUT2D eigenvalue weighted by atomic mass is 10.1. The van der Waals surface area contributed by atoms with Gasteiger partial charge in [-0.1, -0.05) is 23.7 Å². The highest BCUT2D eigenvalue weighted by Crippen LogP contribution is 2.20. The van der Waals surface area contributed by atoms with Crippen LogP contribution in [0.3, 0.4) is 0 Å². The number of esters is 1. The van der Waals surface area contributed by atoms with E-state index in [1.54, 1.807) is 24.3 Å². The molecule has 25 heavy (non-hydrogen) atoms. The van der Waals surface area contributed by atoms with Crippen LogP contribution in [0.1, 0.15) is 23.2 Å². The Bertz CT molecular complexity index is 777. The lowest BCUT2D eigenvalue weighted by molar-refractivity contribution is -0.143. The van der Waals surface area contributed by atoms with Crippen molar-refractivity contribution < 1.29 is 23.5 Å². The molecular weight excluding hydrogens is 349 g/mol. The summed E-state index contributed by atoms with van der Waals surface area (Å²) in [6.45, 7) is -0.462. The molecule has 0 heterocycles. The van der Waals surface area contributed by atoms with Crippen molar-refractivity contribution in [1.82, 2.24) is 0 Å². The van der Waals surface area contributed by atoms with Gasteiger partial charge in [0.15, 0.2) is 12.4 Å². The fraction of sp³-hybridized carbons (Fsp3) is 0.167. The lowest BCUT2D eigenvalue weighted by Gasteiger charge is -2.07. The zero-order chi connectivity index (χ0) is 18.2. The first-order valence-electron chi connectivity index (χ1n) is 7.44. The summed E-state index contributed by atoms with van der Waals surface area (Å²) in [5, 5.41) is 2.97. The highest BCUT2D eigenvalue weighted by atomic mass is 35.5. The van der Waals surface area contributed by atoms with Crippen LogP contribution in [-0.4, -0.2) is 24.3 Å². The summed E-state index contributed by atoms with van der Waals surface area (Å²) in [4.78, 5) is 35.2. The van der Waals surface area contributed by atoms with E-state index >= 15 is 0 Å². The van der Waals surface area contributed by atoms with Crippen molar-refractivity contribution in [1.29, 1.82) is 0 Å². The van der Waals surface area contributed by atoms with Crippen molar-refractivity contribution in [2.75, 3.05) is 11.9 Å². The van der Waals surface area contributed by atoms with E-state index in [0.29, 0.717) is 10.7 Å². The minimum Gasteiger partial charge on any atom is -0.457 e. The maximum Gasteiger partial charge on any atom is 0.306 e. The molecule has 0 radical (unpaired) electrons. The van der Waals surface area contributed by atoms with Crippen LogP contribution in [0.2, 0.25) is 5.02 Å². The van der Waals surface area contributed by atoms with E-state index in [2.05, 4.69) is 5.32 Å². The van der Waals surface area contributed by atoms with Crippen molar-refractivity contribution in [2.45, 2.75) is 12.8 Å². The van der Waals surface area contributed by atoms with Crippen molar-refractivity contribution in [3.8, 4) is 0 Å². The van der Waals surface area contributed by atoms with Gasteiger partial charge in [-0.2, -0.15) is 0 Å². The van der Waals surface area contributed by atoms with Crippen molar-refractivity contribution in [3.63, 3.8) is 0 Å². The smallest absolute Gasteiger partial charge is 0.306 e. The SMILES string of the molecule is O=C(CCC(=O)OCC(=O)c1ccc(F)cc1)Nc1ccccc1Cl. The molecule has 0 bridgehead atoms. The van der Waals surface area contributed by atoms with E-state index < -0.39 is 30.1 Å². The monoisotopic (exact) mass is 363 g/mol. The van der Waals surface area contributed by atoms with Crippen LogP contribution >= 0.6 is 11.6 Å². The maximum atomic E-state index is 12.8. The third kappa shape index (κ3) is 6.00. The van der Waals surface area contributed by atoms with Gasteiger partial charge in [0.2, 0.25) is 5.91 Å². The summed E-state index contributed by atoms with van der Waals surface area (Å²) >= 11 is 5.92. The molecule has 0 aliphatic carbocycles. The number of amides is 1. The Hall–Kier alpha value is -2.73. The van der Waals surface area contributed by atoms with Gasteiger partial charge < -0.3 is 10.1 Å². The van der Waals surface area contributed by atoms with E-state index in [4.69, 9.17) is 16.3 Å². The molecule has 0 unspecified atom stereocenters. The van der Waals surface area contributed by atoms with Crippen LogP contribution in [0.15, 0.2) is 48.5 Å². The first-order chi connectivity index (χ1) is 12.0. The Labute approximate surface area is 148 Å². The molecule has 0 fully saturated rings. The van der Waals surface area contributed by atoms with Gasteiger partial charge in [0.25, 0.3) is 0 Å². The Balaban J connectivity index is 1.73. The summed E-state index contributed by atoms with van der Waals surface area (Å²) in [6, 6.07) is 11.6. The number of ketones is 1. The number of ether oxygens (including phenoxy) is 1. The molecule has 0 saturated carbocycles. The van der Waals surface area contributed by atoms with Gasteiger partial charge >= 0.3 is 5.97 Å². The second kappa shape index (κ2) is 8.94. The number of hydrogen-bond acceptors (Lipinski definition) is 4.